The van der Waals surface area contributed by atoms with E-state index in [1.54, 1.807) is 48.5 Å². The van der Waals surface area contributed by atoms with E-state index >= 15 is 0 Å². The molecule has 0 spiro atoms. The number of nitrogens with one attached hydrogen (secondary N) is 5. The maximum atomic E-state index is 12.6. The summed E-state index contributed by atoms with van der Waals surface area (Å²) in [5, 5.41) is 27.0. The van der Waals surface area contributed by atoms with Crippen LogP contribution in [0.15, 0.2) is 91.0 Å². The minimum atomic E-state index is -0.225. The van der Waals surface area contributed by atoms with Crippen LogP contribution in [0.3, 0.4) is 0 Å². The minimum absolute atomic E-state index is 0.142. The molecule has 8 N–H and O–H groups in total. The molecule has 0 aliphatic rings. The molecule has 0 atom stereocenters. The smallest absolute Gasteiger partial charge is 0.251 e. The molecular formula is C39H47N9O7. The number of fused-ring (bicyclic) bond motifs is 1. The molecule has 0 aliphatic carbocycles. The van der Waals surface area contributed by atoms with Crippen molar-refractivity contribution in [2.45, 2.75) is 0 Å². The number of hydrogen-bond donors (Lipinski definition) is 7. The third kappa shape index (κ3) is 13.8. The summed E-state index contributed by atoms with van der Waals surface area (Å²) < 4.78 is 22.0. The fraction of sp³-hybridized carbons (Fsp3) is 0.308. The van der Waals surface area contributed by atoms with Crippen molar-refractivity contribution in [2.24, 2.45) is 5.73 Å². The topological polar surface area (TPSA) is 216 Å². The summed E-state index contributed by atoms with van der Waals surface area (Å²) in [5.41, 5.74) is 7.85. The Labute approximate surface area is 319 Å². The molecule has 0 saturated heterocycles. The lowest BCUT2D eigenvalue weighted by molar-refractivity contribution is 0.0511. The first-order valence-corrected chi connectivity index (χ1v) is 18.0. The van der Waals surface area contributed by atoms with Gasteiger partial charge in [-0.1, -0.05) is 30.3 Å². The molecular weight excluding hydrogens is 706 g/mol. The SMILES string of the molecule is NCCOCCOCCNC(=O)c1ccc(Nc2nc(NCCOCCOCCNC(=O)c3ccccc3)nc(Nc3ccc4c(O)cccc4c3)n2)cc1. The van der Waals surface area contributed by atoms with E-state index in [2.05, 4.69) is 41.5 Å². The van der Waals surface area contributed by atoms with Gasteiger partial charge in [-0.2, -0.15) is 15.0 Å². The standard InChI is InChI=1S/C39H47N9O7/c40-15-19-52-23-24-53-21-17-42-36(51)29-9-11-31(12-10-29)44-38-46-37(47-39(48-38)45-32-13-14-33-30(27-32)7-4-8-34(33)49)43-18-22-55-26-25-54-20-16-41-35(50)28-5-2-1-3-6-28/h1-14,27,49H,15-26,40H2,(H,41,50)(H,42,51)(H3,43,44,45,46,47,48). The van der Waals surface area contributed by atoms with E-state index in [1.807, 2.05) is 42.5 Å². The van der Waals surface area contributed by atoms with Crippen LogP contribution in [0.2, 0.25) is 0 Å². The predicted octanol–water partition coefficient (Wildman–Crippen LogP) is 3.81. The third-order valence-corrected chi connectivity index (χ3v) is 7.79. The van der Waals surface area contributed by atoms with Gasteiger partial charge in [0.2, 0.25) is 17.8 Å². The zero-order valence-corrected chi connectivity index (χ0v) is 30.5. The number of carbonyl (C=O) groups is 2. The van der Waals surface area contributed by atoms with Gasteiger partial charge < -0.3 is 56.4 Å². The van der Waals surface area contributed by atoms with Gasteiger partial charge in [0.05, 0.1) is 52.9 Å². The molecule has 0 radical (unpaired) electrons. The van der Waals surface area contributed by atoms with Crippen molar-refractivity contribution in [3.8, 4) is 5.75 Å². The Morgan fingerprint density at radius 2 is 1.11 bits per heavy atom. The second kappa shape index (κ2) is 22.3. The van der Waals surface area contributed by atoms with Gasteiger partial charge in [-0.3, -0.25) is 9.59 Å². The molecule has 290 valence electrons. The summed E-state index contributed by atoms with van der Waals surface area (Å²) in [4.78, 5) is 38.4. The molecule has 1 aromatic heterocycles. The second-order valence-corrected chi connectivity index (χ2v) is 11.9. The van der Waals surface area contributed by atoms with Crippen molar-refractivity contribution in [1.29, 1.82) is 0 Å². The number of aromatic nitrogens is 3. The molecule has 5 rings (SSSR count). The van der Waals surface area contributed by atoms with Crippen molar-refractivity contribution in [1.82, 2.24) is 25.6 Å². The number of rotatable bonds is 24. The largest absolute Gasteiger partial charge is 0.507 e. The molecule has 55 heavy (non-hydrogen) atoms. The lowest BCUT2D eigenvalue weighted by Gasteiger charge is -2.13. The molecule has 5 aromatic rings. The van der Waals surface area contributed by atoms with Crippen LogP contribution in [-0.4, -0.2) is 111 Å². The van der Waals surface area contributed by atoms with Crippen molar-refractivity contribution in [3.05, 3.63) is 102 Å². The minimum Gasteiger partial charge on any atom is -0.507 e. The summed E-state index contributed by atoms with van der Waals surface area (Å²) in [6.07, 6.45) is 0. The fourth-order valence-electron chi connectivity index (χ4n) is 5.10. The van der Waals surface area contributed by atoms with Crippen molar-refractivity contribution < 1.29 is 33.6 Å². The average molecular weight is 754 g/mol. The zero-order valence-electron chi connectivity index (χ0n) is 30.5. The van der Waals surface area contributed by atoms with Crippen LogP contribution >= 0.6 is 0 Å². The number of aromatic hydroxyl groups is 1. The maximum absolute atomic E-state index is 12.6. The van der Waals surface area contributed by atoms with Crippen LogP contribution in [0.25, 0.3) is 10.8 Å². The molecule has 16 nitrogen and oxygen atoms in total. The number of ether oxygens (including phenoxy) is 4. The first kappa shape index (κ1) is 40.3. The molecule has 0 bridgehead atoms. The first-order chi connectivity index (χ1) is 27.0. The van der Waals surface area contributed by atoms with Gasteiger partial charge in [0.25, 0.3) is 11.8 Å². The van der Waals surface area contributed by atoms with Gasteiger partial charge in [0.15, 0.2) is 0 Å². The quantitative estimate of drug-likeness (QED) is 0.0446. The van der Waals surface area contributed by atoms with Gasteiger partial charge in [-0.25, -0.2) is 0 Å². The average Bonchev–Trinajstić information content (AvgIpc) is 3.20. The van der Waals surface area contributed by atoms with Crippen LogP contribution in [-0.2, 0) is 18.9 Å². The van der Waals surface area contributed by atoms with Gasteiger partial charge in [-0.05, 0) is 66.0 Å². The molecule has 2 amide bonds. The van der Waals surface area contributed by atoms with Crippen LogP contribution in [0.5, 0.6) is 5.75 Å². The molecule has 0 saturated carbocycles. The van der Waals surface area contributed by atoms with E-state index < -0.39 is 0 Å². The van der Waals surface area contributed by atoms with Crippen LogP contribution in [0, 0.1) is 0 Å². The van der Waals surface area contributed by atoms with Gasteiger partial charge in [-0.15, -0.1) is 0 Å². The van der Waals surface area contributed by atoms with Crippen molar-refractivity contribution in [3.63, 3.8) is 0 Å². The normalized spacial score (nSPS) is 10.9. The highest BCUT2D eigenvalue weighted by atomic mass is 16.5. The molecule has 16 heteroatoms. The number of phenolic OH excluding ortho intramolecular Hbond substituents is 1. The van der Waals surface area contributed by atoms with Crippen molar-refractivity contribution in [2.75, 3.05) is 95.0 Å². The van der Waals surface area contributed by atoms with Gasteiger partial charge in [0.1, 0.15) is 5.75 Å². The maximum Gasteiger partial charge on any atom is 0.251 e. The van der Waals surface area contributed by atoms with Gasteiger partial charge in [0, 0.05) is 54.1 Å². The van der Waals surface area contributed by atoms with Gasteiger partial charge >= 0.3 is 0 Å². The van der Waals surface area contributed by atoms with E-state index in [0.29, 0.717) is 107 Å². The molecule has 0 unspecified atom stereocenters. The number of carbonyl (C=O) groups excluding carboxylic acids is 2. The van der Waals surface area contributed by atoms with E-state index in [9.17, 15) is 14.7 Å². The van der Waals surface area contributed by atoms with Crippen LogP contribution < -0.4 is 32.3 Å². The molecule has 0 fully saturated rings. The Balaban J connectivity index is 1.11. The molecule has 4 aromatic carbocycles. The molecule has 1 heterocycles. The number of phenols is 1. The highest BCUT2D eigenvalue weighted by Gasteiger charge is 2.11. The van der Waals surface area contributed by atoms with Crippen LogP contribution in [0.4, 0.5) is 29.2 Å². The van der Waals surface area contributed by atoms with E-state index in [4.69, 9.17) is 24.7 Å². The zero-order chi connectivity index (χ0) is 38.5. The number of hydrogen-bond acceptors (Lipinski definition) is 14. The van der Waals surface area contributed by atoms with Crippen molar-refractivity contribution >= 4 is 51.8 Å². The summed E-state index contributed by atoms with van der Waals surface area (Å²) in [5.74, 6) is 0.668. The number of amides is 2. The number of nitrogens with two attached hydrogens (primary N) is 1. The summed E-state index contributed by atoms with van der Waals surface area (Å²) >= 11 is 0. The lowest BCUT2D eigenvalue weighted by Crippen LogP contribution is -2.27. The monoisotopic (exact) mass is 753 g/mol. The Morgan fingerprint density at radius 3 is 1.75 bits per heavy atom. The Kier molecular flexibility index (Phi) is 16.4. The summed E-state index contributed by atoms with van der Waals surface area (Å²) in [6.45, 7) is 4.83. The Morgan fingerprint density at radius 1 is 0.564 bits per heavy atom. The van der Waals surface area contributed by atoms with E-state index in [0.717, 1.165) is 10.8 Å². The summed E-state index contributed by atoms with van der Waals surface area (Å²) in [6, 6.07) is 26.8. The van der Waals surface area contributed by atoms with Crippen LogP contribution in [0.1, 0.15) is 20.7 Å². The Hall–Kier alpha value is -5.91. The fourth-order valence-corrected chi connectivity index (χ4v) is 5.10. The number of nitrogens with zero attached hydrogens (tertiary/aromatic N) is 3. The van der Waals surface area contributed by atoms with E-state index in [1.165, 1.54) is 0 Å². The first-order valence-electron chi connectivity index (χ1n) is 18.0. The Bertz CT molecular complexity index is 1940. The highest BCUT2D eigenvalue weighted by Crippen LogP contribution is 2.28. The lowest BCUT2D eigenvalue weighted by atomic mass is 10.1. The van der Waals surface area contributed by atoms with E-state index in [-0.39, 0.29) is 29.5 Å². The second-order valence-electron chi connectivity index (χ2n) is 11.9. The molecule has 0 aliphatic heterocycles. The number of benzene rings is 4. The highest BCUT2D eigenvalue weighted by molar-refractivity contribution is 5.95. The predicted molar refractivity (Wildman–Crippen MR) is 210 cm³/mol. The number of anilines is 5. The third-order valence-electron chi connectivity index (χ3n) is 7.79. The summed E-state index contributed by atoms with van der Waals surface area (Å²) in [7, 11) is 0.